The van der Waals surface area contributed by atoms with E-state index in [1.54, 1.807) is 0 Å². The van der Waals surface area contributed by atoms with Crippen LogP contribution in [0.25, 0.3) is 10.4 Å². The molecule has 0 fully saturated rings. The number of benzene rings is 1. The molecule has 0 saturated heterocycles. The number of hydrogen-bond donors (Lipinski definition) is 1. The summed E-state index contributed by atoms with van der Waals surface area (Å²) in [5.74, 6) is 0. The van der Waals surface area contributed by atoms with Crippen LogP contribution in [-0.2, 0) is 11.3 Å². The van der Waals surface area contributed by atoms with Crippen LogP contribution < -0.4 is 5.32 Å². The van der Waals surface area contributed by atoms with Gasteiger partial charge < -0.3 is 10.1 Å². The summed E-state index contributed by atoms with van der Waals surface area (Å²) in [4.78, 5) is 2.69. The van der Waals surface area contributed by atoms with Gasteiger partial charge in [-0.3, -0.25) is 0 Å². The molecule has 0 atom stereocenters. The van der Waals surface area contributed by atoms with E-state index in [1.165, 1.54) is 15.3 Å². The molecule has 0 amide bonds. The molecular formula is C16H21NOS. The second-order valence-electron chi connectivity index (χ2n) is 4.73. The first-order chi connectivity index (χ1) is 9.25. The topological polar surface area (TPSA) is 21.3 Å². The van der Waals surface area contributed by atoms with Crippen molar-refractivity contribution in [2.75, 3.05) is 13.2 Å². The van der Waals surface area contributed by atoms with Gasteiger partial charge in [-0.1, -0.05) is 30.3 Å². The maximum atomic E-state index is 5.50. The van der Waals surface area contributed by atoms with Crippen molar-refractivity contribution >= 4 is 11.3 Å². The summed E-state index contributed by atoms with van der Waals surface area (Å²) < 4.78 is 5.50. The average Bonchev–Trinajstić information content (AvgIpc) is 2.88. The van der Waals surface area contributed by atoms with Gasteiger partial charge in [-0.25, -0.2) is 0 Å². The van der Waals surface area contributed by atoms with Gasteiger partial charge >= 0.3 is 0 Å². The Kier molecular flexibility index (Phi) is 5.58. The Bertz CT molecular complexity index is 479. The smallest absolute Gasteiger partial charge is 0.0594 e. The summed E-state index contributed by atoms with van der Waals surface area (Å²) >= 11 is 1.85. The minimum Gasteiger partial charge on any atom is -0.377 e. The summed E-state index contributed by atoms with van der Waals surface area (Å²) in [6, 6.07) is 14.9. The van der Waals surface area contributed by atoms with Gasteiger partial charge in [0.25, 0.3) is 0 Å². The fourth-order valence-corrected chi connectivity index (χ4v) is 2.79. The van der Waals surface area contributed by atoms with Gasteiger partial charge in [-0.2, -0.15) is 0 Å². The fraction of sp³-hybridized carbons (Fsp3) is 0.375. The molecule has 102 valence electrons. The molecule has 0 saturated carbocycles. The molecule has 0 aliphatic rings. The Morgan fingerprint density at radius 3 is 2.63 bits per heavy atom. The van der Waals surface area contributed by atoms with Crippen LogP contribution in [0.15, 0.2) is 42.5 Å². The van der Waals surface area contributed by atoms with Crippen LogP contribution in [0.3, 0.4) is 0 Å². The largest absolute Gasteiger partial charge is 0.377 e. The van der Waals surface area contributed by atoms with Gasteiger partial charge in [0, 0.05) is 22.8 Å². The van der Waals surface area contributed by atoms with Crippen molar-refractivity contribution in [3.05, 3.63) is 47.3 Å². The summed E-state index contributed by atoms with van der Waals surface area (Å²) in [5.41, 5.74) is 1.29. The number of rotatable bonds is 7. The monoisotopic (exact) mass is 275 g/mol. The molecule has 3 heteroatoms. The van der Waals surface area contributed by atoms with Crippen molar-refractivity contribution in [1.29, 1.82) is 0 Å². The van der Waals surface area contributed by atoms with E-state index >= 15 is 0 Å². The highest BCUT2D eigenvalue weighted by molar-refractivity contribution is 7.15. The molecule has 2 nitrogen and oxygen atoms in total. The van der Waals surface area contributed by atoms with Crippen LogP contribution in [0.4, 0.5) is 0 Å². The Hall–Kier alpha value is -1.16. The van der Waals surface area contributed by atoms with E-state index in [0.717, 1.165) is 19.7 Å². The summed E-state index contributed by atoms with van der Waals surface area (Å²) in [6.07, 6.45) is 0.313. The molecule has 0 bridgehead atoms. The minimum atomic E-state index is 0.313. The van der Waals surface area contributed by atoms with Crippen LogP contribution in [0.1, 0.15) is 18.7 Å². The third-order valence-electron chi connectivity index (χ3n) is 2.75. The number of hydrogen-bond acceptors (Lipinski definition) is 3. The average molecular weight is 275 g/mol. The molecule has 2 rings (SSSR count). The molecule has 0 aliphatic heterocycles. The molecule has 1 heterocycles. The molecule has 1 aromatic carbocycles. The highest BCUT2D eigenvalue weighted by Crippen LogP contribution is 2.27. The van der Waals surface area contributed by atoms with E-state index in [9.17, 15) is 0 Å². The first-order valence-electron chi connectivity index (χ1n) is 6.72. The third-order valence-corrected chi connectivity index (χ3v) is 3.88. The van der Waals surface area contributed by atoms with Crippen molar-refractivity contribution in [1.82, 2.24) is 5.32 Å². The SMILES string of the molecule is CC(C)OCCNCc1ccc(-c2ccccc2)s1. The molecule has 2 aromatic rings. The summed E-state index contributed by atoms with van der Waals surface area (Å²) in [5, 5.41) is 3.41. The Morgan fingerprint density at radius 1 is 1.11 bits per heavy atom. The lowest BCUT2D eigenvalue weighted by Crippen LogP contribution is -2.20. The van der Waals surface area contributed by atoms with Gasteiger partial charge in [-0.15, -0.1) is 11.3 Å². The number of ether oxygens (including phenoxy) is 1. The lowest BCUT2D eigenvalue weighted by Gasteiger charge is -2.07. The zero-order valence-electron chi connectivity index (χ0n) is 11.6. The molecular weight excluding hydrogens is 254 g/mol. The maximum Gasteiger partial charge on any atom is 0.0594 e. The van der Waals surface area contributed by atoms with Gasteiger partial charge in [0.05, 0.1) is 12.7 Å². The first-order valence-corrected chi connectivity index (χ1v) is 7.54. The predicted octanol–water partition coefficient (Wildman–Crippen LogP) is 3.93. The Balaban J connectivity index is 1.78. The first kappa shape index (κ1) is 14.3. The third kappa shape index (κ3) is 4.78. The quantitative estimate of drug-likeness (QED) is 0.773. The van der Waals surface area contributed by atoms with Crippen molar-refractivity contribution in [3.63, 3.8) is 0 Å². The lowest BCUT2D eigenvalue weighted by molar-refractivity contribution is 0.0807. The van der Waals surface area contributed by atoms with Crippen LogP contribution in [0, 0.1) is 0 Å². The molecule has 19 heavy (non-hydrogen) atoms. The highest BCUT2D eigenvalue weighted by atomic mass is 32.1. The van der Waals surface area contributed by atoms with Gasteiger partial charge in [-0.05, 0) is 31.5 Å². The zero-order valence-corrected chi connectivity index (χ0v) is 12.4. The van der Waals surface area contributed by atoms with E-state index in [-0.39, 0.29) is 0 Å². The number of nitrogens with one attached hydrogen (secondary N) is 1. The Labute approximate surface area is 119 Å². The van der Waals surface area contributed by atoms with Crippen molar-refractivity contribution in [3.8, 4) is 10.4 Å². The lowest BCUT2D eigenvalue weighted by atomic mass is 10.2. The van der Waals surface area contributed by atoms with Crippen LogP contribution in [0.2, 0.25) is 0 Å². The molecule has 0 radical (unpaired) electrons. The molecule has 0 spiro atoms. The molecule has 1 N–H and O–H groups in total. The van der Waals surface area contributed by atoms with E-state index in [4.69, 9.17) is 4.74 Å². The van der Waals surface area contributed by atoms with Gasteiger partial charge in [0.15, 0.2) is 0 Å². The van der Waals surface area contributed by atoms with Crippen molar-refractivity contribution in [2.45, 2.75) is 26.5 Å². The van der Waals surface area contributed by atoms with Crippen LogP contribution >= 0.6 is 11.3 Å². The zero-order chi connectivity index (χ0) is 13.5. The molecule has 0 unspecified atom stereocenters. The second kappa shape index (κ2) is 7.43. The Morgan fingerprint density at radius 2 is 1.89 bits per heavy atom. The summed E-state index contributed by atoms with van der Waals surface area (Å²) in [6.45, 7) is 6.71. The van der Waals surface area contributed by atoms with E-state index in [2.05, 4.69) is 55.6 Å². The predicted molar refractivity (Wildman–Crippen MR) is 82.5 cm³/mol. The normalized spacial score (nSPS) is 11.1. The van der Waals surface area contributed by atoms with Crippen LogP contribution in [-0.4, -0.2) is 19.3 Å². The van der Waals surface area contributed by atoms with E-state index in [0.29, 0.717) is 6.10 Å². The van der Waals surface area contributed by atoms with Crippen molar-refractivity contribution < 1.29 is 4.74 Å². The van der Waals surface area contributed by atoms with E-state index in [1.807, 2.05) is 17.4 Å². The standard InChI is InChI=1S/C16H21NOS/c1-13(2)18-11-10-17-12-15-8-9-16(19-15)14-6-4-3-5-7-14/h3-9,13,17H,10-12H2,1-2H3. The minimum absolute atomic E-state index is 0.313. The summed E-state index contributed by atoms with van der Waals surface area (Å²) in [7, 11) is 0. The van der Waals surface area contributed by atoms with Gasteiger partial charge in [0.1, 0.15) is 0 Å². The van der Waals surface area contributed by atoms with Gasteiger partial charge in [0.2, 0.25) is 0 Å². The number of thiophene rings is 1. The maximum absolute atomic E-state index is 5.50. The van der Waals surface area contributed by atoms with Crippen LogP contribution in [0.5, 0.6) is 0 Å². The molecule has 0 aliphatic carbocycles. The fourth-order valence-electron chi connectivity index (χ4n) is 1.81. The highest BCUT2D eigenvalue weighted by Gasteiger charge is 2.02. The van der Waals surface area contributed by atoms with Crippen molar-refractivity contribution in [2.24, 2.45) is 0 Å². The second-order valence-corrected chi connectivity index (χ2v) is 5.90. The van der Waals surface area contributed by atoms with E-state index < -0.39 is 0 Å². The molecule has 1 aromatic heterocycles.